The summed E-state index contributed by atoms with van der Waals surface area (Å²) in [5.41, 5.74) is 2.91. The van der Waals surface area contributed by atoms with Crippen LogP contribution in [0.25, 0.3) is 6.08 Å². The molecule has 1 fully saturated rings. The van der Waals surface area contributed by atoms with Crippen molar-refractivity contribution in [2.24, 2.45) is 0 Å². The van der Waals surface area contributed by atoms with Gasteiger partial charge in [0.2, 0.25) is 0 Å². The third-order valence-corrected chi connectivity index (χ3v) is 10.3. The molecule has 0 aliphatic carbocycles. The molecule has 2 aliphatic heterocycles. The molecule has 1 aromatic rings. The number of fused-ring (bicyclic) bond motifs is 3. The van der Waals surface area contributed by atoms with Gasteiger partial charge in [0, 0.05) is 0 Å². The van der Waals surface area contributed by atoms with Crippen LogP contribution in [0.15, 0.2) is 23.8 Å². The molecule has 3 rings (SSSR count). The molecule has 1 aromatic heterocycles. The molecule has 3 heterocycles. The fourth-order valence-electron chi connectivity index (χ4n) is 3.58. The quantitative estimate of drug-likeness (QED) is 0.822. The Bertz CT molecular complexity index is 530. The number of likely N-dealkylation sites (N-methyl/N-ethyl adjacent to an activating group) is 1. The van der Waals surface area contributed by atoms with Crippen LogP contribution >= 0.6 is 6.83 Å². The summed E-state index contributed by atoms with van der Waals surface area (Å²) in [6.45, 7) is 0.396. The Kier molecular flexibility index (Phi) is 2.64. The zero-order valence-corrected chi connectivity index (χ0v) is 12.0. The molecule has 1 atom stereocenters. The van der Waals surface area contributed by atoms with E-state index in [1.807, 2.05) is 19.4 Å². The van der Waals surface area contributed by atoms with Gasteiger partial charge in [0.1, 0.15) is 0 Å². The van der Waals surface area contributed by atoms with Crippen molar-refractivity contribution in [1.29, 1.82) is 0 Å². The van der Waals surface area contributed by atoms with Gasteiger partial charge in [-0.2, -0.15) is 0 Å². The molecular weight excluding hydrogens is 243 g/mol. The zero-order chi connectivity index (χ0) is 12.8. The van der Waals surface area contributed by atoms with Crippen molar-refractivity contribution in [2.45, 2.75) is 19.0 Å². The number of hydrogen-bond donors (Lipinski definition) is 2. The van der Waals surface area contributed by atoms with E-state index in [9.17, 15) is 4.89 Å². The van der Waals surface area contributed by atoms with Gasteiger partial charge in [0.05, 0.1) is 0 Å². The van der Waals surface area contributed by atoms with E-state index >= 15 is 0 Å². The Morgan fingerprint density at radius 1 is 1.56 bits per heavy atom. The maximum absolute atomic E-state index is 11.5. The summed E-state index contributed by atoms with van der Waals surface area (Å²) < 4.78 is 0. The number of aromatic nitrogens is 1. The number of hydrogen-bond acceptors (Lipinski definition) is 3. The molecule has 2 N–H and O–H groups in total. The van der Waals surface area contributed by atoms with E-state index in [1.165, 1.54) is 16.4 Å². The molecule has 0 aromatic carbocycles. The molecular formula is C14H21N2OP. The van der Waals surface area contributed by atoms with Crippen LogP contribution < -0.4 is 5.32 Å². The minimum atomic E-state index is -2.58. The van der Waals surface area contributed by atoms with Gasteiger partial charge >= 0.3 is 108 Å². The van der Waals surface area contributed by atoms with Crippen LogP contribution in [-0.2, 0) is 0 Å². The molecule has 0 amide bonds. The zero-order valence-electron chi connectivity index (χ0n) is 11.1. The van der Waals surface area contributed by atoms with Crippen molar-refractivity contribution >= 4 is 12.9 Å². The Hall–Kier alpha value is -0.760. The maximum atomic E-state index is 11.5. The first-order valence-corrected chi connectivity index (χ1v) is 9.31. The summed E-state index contributed by atoms with van der Waals surface area (Å²) in [5, 5.41) is 4.48. The first-order chi connectivity index (χ1) is 8.63. The standard InChI is InChI=1S/C14H21N2OP/c1-3-6-18(17)10-14(18)13-4-5-16-8-11(13)7-12(18)9-15-2/h4-5,7-8,14-15,17H,3,6,9-10H2,1-2H3. The number of nitrogens with zero attached hydrogens (tertiary/aromatic N) is 1. The Labute approximate surface area is 108 Å². The van der Waals surface area contributed by atoms with Crippen molar-refractivity contribution in [3.05, 3.63) is 34.9 Å². The van der Waals surface area contributed by atoms with Crippen LogP contribution in [-0.4, -0.2) is 35.8 Å². The van der Waals surface area contributed by atoms with Gasteiger partial charge in [-0.1, -0.05) is 0 Å². The Morgan fingerprint density at radius 2 is 2.39 bits per heavy atom. The van der Waals surface area contributed by atoms with Crippen molar-refractivity contribution in [1.82, 2.24) is 10.3 Å². The van der Waals surface area contributed by atoms with Gasteiger partial charge in [-0.05, 0) is 0 Å². The summed E-state index contributed by atoms with van der Waals surface area (Å²) in [6.07, 6.45) is 8.99. The molecule has 0 saturated carbocycles. The number of nitrogens with one attached hydrogen (secondary N) is 1. The normalized spacial score (nSPS) is 28.3. The van der Waals surface area contributed by atoms with E-state index in [0.717, 1.165) is 25.3 Å². The van der Waals surface area contributed by atoms with Crippen LogP contribution in [0.3, 0.4) is 0 Å². The summed E-state index contributed by atoms with van der Waals surface area (Å²) in [5.74, 6) is 0. The van der Waals surface area contributed by atoms with E-state index in [1.54, 1.807) is 0 Å². The average Bonchev–Trinajstić information content (AvgIpc) is 3.00. The van der Waals surface area contributed by atoms with Crippen LogP contribution in [0.5, 0.6) is 0 Å². The van der Waals surface area contributed by atoms with Gasteiger partial charge in [-0.15, -0.1) is 0 Å². The second-order valence-electron chi connectivity index (χ2n) is 5.62. The third kappa shape index (κ3) is 1.45. The first kappa shape index (κ1) is 12.3. The van der Waals surface area contributed by atoms with E-state index < -0.39 is 6.83 Å². The number of pyridine rings is 1. The molecule has 1 unspecified atom stereocenters. The molecule has 18 heavy (non-hydrogen) atoms. The van der Waals surface area contributed by atoms with Gasteiger partial charge in [0.25, 0.3) is 0 Å². The summed E-state index contributed by atoms with van der Waals surface area (Å²) in [7, 11) is 1.95. The molecule has 0 bridgehead atoms. The topological polar surface area (TPSA) is 45.2 Å². The van der Waals surface area contributed by atoms with E-state index in [-0.39, 0.29) is 0 Å². The summed E-state index contributed by atoms with van der Waals surface area (Å²) in [6, 6.07) is 2.09. The molecule has 2 aliphatic rings. The summed E-state index contributed by atoms with van der Waals surface area (Å²) in [4.78, 5) is 15.7. The van der Waals surface area contributed by atoms with Crippen LogP contribution in [0.4, 0.5) is 0 Å². The fourth-order valence-corrected chi connectivity index (χ4v) is 9.56. The fraction of sp³-hybridized carbons (Fsp3) is 0.500. The second-order valence-corrected chi connectivity index (χ2v) is 10.7. The van der Waals surface area contributed by atoms with Crippen molar-refractivity contribution in [3.8, 4) is 0 Å². The first-order valence-electron chi connectivity index (χ1n) is 6.68. The second kappa shape index (κ2) is 3.86. The van der Waals surface area contributed by atoms with Crippen LogP contribution in [0, 0.1) is 0 Å². The van der Waals surface area contributed by atoms with Crippen LogP contribution in [0.2, 0.25) is 0 Å². The SMILES string of the molecule is CCCP12(O)CC1c1ccncc1C=C2CNC. The molecule has 4 heteroatoms. The molecule has 98 valence electrons. The predicted molar refractivity (Wildman–Crippen MR) is 78.0 cm³/mol. The van der Waals surface area contributed by atoms with Gasteiger partial charge in [0.15, 0.2) is 0 Å². The van der Waals surface area contributed by atoms with Crippen LogP contribution in [0.1, 0.15) is 30.1 Å². The number of rotatable bonds is 4. The van der Waals surface area contributed by atoms with Gasteiger partial charge in [-0.3, -0.25) is 0 Å². The van der Waals surface area contributed by atoms with Gasteiger partial charge in [-0.25, -0.2) is 0 Å². The molecule has 3 nitrogen and oxygen atoms in total. The van der Waals surface area contributed by atoms with E-state index in [0.29, 0.717) is 5.66 Å². The minimum absolute atomic E-state index is 0.391. The molecule has 1 saturated heterocycles. The van der Waals surface area contributed by atoms with Crippen molar-refractivity contribution < 1.29 is 4.89 Å². The monoisotopic (exact) mass is 264 g/mol. The average molecular weight is 264 g/mol. The van der Waals surface area contributed by atoms with E-state index in [2.05, 4.69) is 29.4 Å². The van der Waals surface area contributed by atoms with Crippen molar-refractivity contribution in [3.63, 3.8) is 0 Å². The van der Waals surface area contributed by atoms with Gasteiger partial charge < -0.3 is 0 Å². The van der Waals surface area contributed by atoms with Crippen molar-refractivity contribution in [2.75, 3.05) is 25.9 Å². The predicted octanol–water partition coefficient (Wildman–Crippen LogP) is 2.58. The Balaban J connectivity index is 2.12. The molecule has 0 radical (unpaired) electrons. The third-order valence-electron chi connectivity index (χ3n) is 4.53. The molecule has 0 spiro atoms. The van der Waals surface area contributed by atoms with E-state index in [4.69, 9.17) is 0 Å². The summed E-state index contributed by atoms with van der Waals surface area (Å²) >= 11 is 0. The Morgan fingerprint density at radius 3 is 3.11 bits per heavy atom.